The highest BCUT2D eigenvalue weighted by Gasteiger charge is 2.28. The minimum absolute atomic E-state index is 0.419. The second-order valence-electron chi connectivity index (χ2n) is 6.03. The summed E-state index contributed by atoms with van der Waals surface area (Å²) >= 11 is 0. The Hall–Kier alpha value is -1.02. The summed E-state index contributed by atoms with van der Waals surface area (Å²) in [6.45, 7) is 4.52. The number of nitrogens with one attached hydrogen (secondary N) is 1. The minimum Gasteiger partial charge on any atom is -0.496 e. The van der Waals surface area contributed by atoms with E-state index in [1.807, 2.05) is 0 Å². The molecule has 0 spiro atoms. The van der Waals surface area contributed by atoms with Gasteiger partial charge in [0.05, 0.1) is 7.11 Å². The summed E-state index contributed by atoms with van der Waals surface area (Å²) in [6.07, 6.45) is 5.36. The van der Waals surface area contributed by atoms with E-state index in [0.717, 1.165) is 17.6 Å². The van der Waals surface area contributed by atoms with E-state index in [9.17, 15) is 0 Å². The monoisotopic (exact) mass is 261 g/mol. The summed E-state index contributed by atoms with van der Waals surface area (Å²) < 4.78 is 5.56. The smallest absolute Gasteiger partial charge is 0.123 e. The van der Waals surface area contributed by atoms with Gasteiger partial charge in [-0.05, 0) is 44.7 Å². The lowest BCUT2D eigenvalue weighted by atomic mass is 9.77. The van der Waals surface area contributed by atoms with Crippen molar-refractivity contribution in [2.45, 2.75) is 45.6 Å². The van der Waals surface area contributed by atoms with Gasteiger partial charge in [0.25, 0.3) is 0 Å². The highest BCUT2D eigenvalue weighted by molar-refractivity contribution is 5.39. The Morgan fingerprint density at radius 2 is 1.89 bits per heavy atom. The third-order valence-electron chi connectivity index (χ3n) is 4.56. The standard InChI is InChI=1S/C17H27NO/c1-12-5-8-14(9-6-12)17(18-3)15-11-13(2)7-10-16(15)19-4/h7,10-12,14,17-18H,5-6,8-9H2,1-4H3. The molecule has 2 heteroatoms. The lowest BCUT2D eigenvalue weighted by molar-refractivity contribution is 0.234. The maximum atomic E-state index is 5.56. The fourth-order valence-electron chi connectivity index (χ4n) is 3.36. The molecule has 0 amide bonds. The van der Waals surface area contributed by atoms with Crippen LogP contribution in [-0.4, -0.2) is 14.2 Å². The van der Waals surface area contributed by atoms with E-state index in [4.69, 9.17) is 4.74 Å². The van der Waals surface area contributed by atoms with Gasteiger partial charge in [0.15, 0.2) is 0 Å². The molecule has 106 valence electrons. The van der Waals surface area contributed by atoms with E-state index in [2.05, 4.69) is 44.4 Å². The van der Waals surface area contributed by atoms with Gasteiger partial charge in [0, 0.05) is 11.6 Å². The zero-order chi connectivity index (χ0) is 13.8. The molecule has 1 fully saturated rings. The Labute approximate surface area is 117 Å². The molecule has 2 nitrogen and oxygen atoms in total. The molecule has 0 aliphatic heterocycles. The molecule has 19 heavy (non-hydrogen) atoms. The molecule has 1 saturated carbocycles. The summed E-state index contributed by atoms with van der Waals surface area (Å²) in [5.41, 5.74) is 2.63. The molecule has 0 bridgehead atoms. The third kappa shape index (κ3) is 3.30. The van der Waals surface area contributed by atoms with E-state index >= 15 is 0 Å². The summed E-state index contributed by atoms with van der Waals surface area (Å²) in [5, 5.41) is 3.52. The van der Waals surface area contributed by atoms with Crippen molar-refractivity contribution < 1.29 is 4.74 Å². The molecule has 1 atom stereocenters. The van der Waals surface area contributed by atoms with Crippen LogP contribution >= 0.6 is 0 Å². The summed E-state index contributed by atoms with van der Waals surface area (Å²) in [6, 6.07) is 6.92. The fraction of sp³-hybridized carbons (Fsp3) is 0.647. The average Bonchev–Trinajstić information content (AvgIpc) is 2.42. The Kier molecular flexibility index (Phi) is 4.87. The Morgan fingerprint density at radius 1 is 1.21 bits per heavy atom. The Balaban J connectivity index is 2.23. The van der Waals surface area contributed by atoms with Crippen LogP contribution in [0.3, 0.4) is 0 Å². The first-order valence-electron chi connectivity index (χ1n) is 7.47. The van der Waals surface area contributed by atoms with Crippen molar-refractivity contribution in [3.63, 3.8) is 0 Å². The highest BCUT2D eigenvalue weighted by Crippen LogP contribution is 2.39. The lowest BCUT2D eigenvalue weighted by Gasteiger charge is -2.33. The van der Waals surface area contributed by atoms with Crippen molar-refractivity contribution in [2.75, 3.05) is 14.2 Å². The molecule has 0 saturated heterocycles. The highest BCUT2D eigenvalue weighted by atomic mass is 16.5. The van der Waals surface area contributed by atoms with Crippen molar-refractivity contribution in [1.29, 1.82) is 0 Å². The van der Waals surface area contributed by atoms with Crippen molar-refractivity contribution >= 4 is 0 Å². The Morgan fingerprint density at radius 3 is 2.47 bits per heavy atom. The maximum absolute atomic E-state index is 5.56. The molecule has 2 rings (SSSR count). The molecular weight excluding hydrogens is 234 g/mol. The van der Waals surface area contributed by atoms with Gasteiger partial charge < -0.3 is 10.1 Å². The largest absolute Gasteiger partial charge is 0.496 e. The van der Waals surface area contributed by atoms with Gasteiger partial charge in [-0.1, -0.05) is 37.5 Å². The van der Waals surface area contributed by atoms with E-state index in [0.29, 0.717) is 6.04 Å². The van der Waals surface area contributed by atoms with Gasteiger partial charge in [0.1, 0.15) is 5.75 Å². The number of aryl methyl sites for hydroxylation is 1. The van der Waals surface area contributed by atoms with E-state index in [1.165, 1.54) is 36.8 Å². The molecule has 1 aliphatic carbocycles. The molecular formula is C17H27NO. The number of ether oxygens (including phenoxy) is 1. The molecule has 0 aromatic heterocycles. The summed E-state index contributed by atoms with van der Waals surface area (Å²) in [7, 11) is 3.84. The van der Waals surface area contributed by atoms with Crippen LogP contribution in [0, 0.1) is 18.8 Å². The molecule has 1 N–H and O–H groups in total. The second-order valence-corrected chi connectivity index (χ2v) is 6.03. The molecule has 1 aromatic rings. The zero-order valence-electron chi connectivity index (χ0n) is 12.7. The average molecular weight is 261 g/mol. The number of hydrogen-bond acceptors (Lipinski definition) is 2. The maximum Gasteiger partial charge on any atom is 0.123 e. The van der Waals surface area contributed by atoms with Crippen LogP contribution in [0.15, 0.2) is 18.2 Å². The summed E-state index contributed by atoms with van der Waals surface area (Å²) in [4.78, 5) is 0. The van der Waals surface area contributed by atoms with E-state index in [1.54, 1.807) is 7.11 Å². The zero-order valence-corrected chi connectivity index (χ0v) is 12.7. The number of methoxy groups -OCH3 is 1. The Bertz CT molecular complexity index is 408. The quantitative estimate of drug-likeness (QED) is 0.881. The number of benzene rings is 1. The van der Waals surface area contributed by atoms with E-state index < -0.39 is 0 Å². The number of rotatable bonds is 4. The van der Waals surface area contributed by atoms with Gasteiger partial charge in [-0.15, -0.1) is 0 Å². The SMILES string of the molecule is CNC(c1cc(C)ccc1OC)C1CCC(C)CC1. The minimum atomic E-state index is 0.419. The molecule has 1 aliphatic rings. The van der Waals surface area contributed by atoms with Crippen LogP contribution in [0.5, 0.6) is 5.75 Å². The van der Waals surface area contributed by atoms with Crippen LogP contribution in [0.4, 0.5) is 0 Å². The van der Waals surface area contributed by atoms with Gasteiger partial charge >= 0.3 is 0 Å². The van der Waals surface area contributed by atoms with Crippen LogP contribution in [-0.2, 0) is 0 Å². The first-order chi connectivity index (χ1) is 9.15. The second kappa shape index (κ2) is 6.42. The predicted octanol–water partition coefficient (Wildman–Crippen LogP) is 4.09. The first kappa shape index (κ1) is 14.4. The van der Waals surface area contributed by atoms with Gasteiger partial charge in [-0.25, -0.2) is 0 Å². The summed E-state index contributed by atoms with van der Waals surface area (Å²) in [5.74, 6) is 2.65. The van der Waals surface area contributed by atoms with Crippen LogP contribution in [0.1, 0.15) is 49.8 Å². The first-order valence-corrected chi connectivity index (χ1v) is 7.47. The molecule has 1 unspecified atom stereocenters. The molecule has 0 radical (unpaired) electrons. The van der Waals surface area contributed by atoms with Crippen LogP contribution in [0.25, 0.3) is 0 Å². The van der Waals surface area contributed by atoms with E-state index in [-0.39, 0.29) is 0 Å². The van der Waals surface area contributed by atoms with Gasteiger partial charge in [-0.3, -0.25) is 0 Å². The van der Waals surface area contributed by atoms with Crippen molar-refractivity contribution in [3.8, 4) is 5.75 Å². The number of hydrogen-bond donors (Lipinski definition) is 1. The van der Waals surface area contributed by atoms with Crippen molar-refractivity contribution in [1.82, 2.24) is 5.32 Å². The molecule has 1 aromatic carbocycles. The molecule has 0 heterocycles. The van der Waals surface area contributed by atoms with Crippen molar-refractivity contribution in [2.24, 2.45) is 11.8 Å². The normalized spacial score (nSPS) is 25.1. The fourth-order valence-corrected chi connectivity index (χ4v) is 3.36. The van der Waals surface area contributed by atoms with Gasteiger partial charge in [-0.2, -0.15) is 0 Å². The predicted molar refractivity (Wildman–Crippen MR) is 80.7 cm³/mol. The van der Waals surface area contributed by atoms with Crippen LogP contribution < -0.4 is 10.1 Å². The lowest BCUT2D eigenvalue weighted by Crippen LogP contribution is -2.28. The van der Waals surface area contributed by atoms with Gasteiger partial charge in [0.2, 0.25) is 0 Å². The van der Waals surface area contributed by atoms with Crippen LogP contribution in [0.2, 0.25) is 0 Å². The topological polar surface area (TPSA) is 21.3 Å². The third-order valence-corrected chi connectivity index (χ3v) is 4.56. The van der Waals surface area contributed by atoms with Crippen molar-refractivity contribution in [3.05, 3.63) is 29.3 Å².